The quantitative estimate of drug-likeness (QED) is 0.689. The van der Waals surface area contributed by atoms with Crippen LogP contribution in [-0.2, 0) is 16.0 Å². The van der Waals surface area contributed by atoms with E-state index in [2.05, 4.69) is 12.1 Å². The van der Waals surface area contributed by atoms with Crippen LogP contribution >= 0.6 is 0 Å². The van der Waals surface area contributed by atoms with Crippen LogP contribution in [0.2, 0.25) is 0 Å². The Hall–Kier alpha value is -1.57. The van der Waals surface area contributed by atoms with E-state index in [0.29, 0.717) is 0 Å². The van der Waals surface area contributed by atoms with Gasteiger partial charge in [0.15, 0.2) is 0 Å². The summed E-state index contributed by atoms with van der Waals surface area (Å²) in [5, 5.41) is 0. The lowest BCUT2D eigenvalue weighted by Crippen LogP contribution is -2.25. The molecule has 0 N–H and O–H groups in total. The zero-order chi connectivity index (χ0) is 11.8. The standard InChI is InChI=1S/C15H16O2/c1-2-10-9-12-8-7-11-5-3-4-6-13(11)14(12)17-15(10)16/h3-6,10H,2,7-9H2,1H3. The molecule has 3 rings (SSSR count). The van der Waals surface area contributed by atoms with E-state index < -0.39 is 0 Å². The molecule has 0 saturated heterocycles. The van der Waals surface area contributed by atoms with Crippen LogP contribution in [0.5, 0.6) is 0 Å². The number of esters is 1. The molecule has 1 aromatic rings. The van der Waals surface area contributed by atoms with Crippen molar-refractivity contribution >= 4 is 11.7 Å². The van der Waals surface area contributed by atoms with Crippen LogP contribution in [0.1, 0.15) is 37.3 Å². The van der Waals surface area contributed by atoms with E-state index in [1.807, 2.05) is 19.1 Å². The summed E-state index contributed by atoms with van der Waals surface area (Å²) in [6.07, 6.45) is 3.87. The molecular weight excluding hydrogens is 212 g/mol. The topological polar surface area (TPSA) is 26.3 Å². The Labute approximate surface area is 101 Å². The van der Waals surface area contributed by atoms with Crippen molar-refractivity contribution in [3.8, 4) is 0 Å². The lowest BCUT2D eigenvalue weighted by atomic mass is 9.83. The monoisotopic (exact) mass is 228 g/mol. The SMILES string of the molecule is CCC1CC2=C(OC1=O)c1ccccc1CC2. The molecule has 0 aromatic heterocycles. The van der Waals surface area contributed by atoms with Crippen LogP contribution in [0.25, 0.3) is 5.76 Å². The van der Waals surface area contributed by atoms with Crippen LogP contribution in [-0.4, -0.2) is 5.97 Å². The number of fused-ring (bicyclic) bond motifs is 2. The molecule has 88 valence electrons. The number of rotatable bonds is 1. The first-order valence-electron chi connectivity index (χ1n) is 6.31. The molecule has 0 amide bonds. The van der Waals surface area contributed by atoms with E-state index >= 15 is 0 Å². The van der Waals surface area contributed by atoms with Crippen molar-refractivity contribution in [1.29, 1.82) is 0 Å². The molecule has 2 aliphatic rings. The Morgan fingerprint density at radius 1 is 1.29 bits per heavy atom. The fourth-order valence-corrected chi connectivity index (χ4v) is 2.75. The highest BCUT2D eigenvalue weighted by Crippen LogP contribution is 2.39. The summed E-state index contributed by atoms with van der Waals surface area (Å²) in [5.41, 5.74) is 3.75. The smallest absolute Gasteiger partial charge is 0.314 e. The summed E-state index contributed by atoms with van der Waals surface area (Å²) in [6, 6.07) is 8.24. The summed E-state index contributed by atoms with van der Waals surface area (Å²) >= 11 is 0. The van der Waals surface area contributed by atoms with E-state index in [0.717, 1.165) is 37.0 Å². The van der Waals surface area contributed by atoms with Crippen LogP contribution in [0.15, 0.2) is 29.8 Å². The highest BCUT2D eigenvalue weighted by atomic mass is 16.5. The maximum atomic E-state index is 11.8. The molecule has 1 atom stereocenters. The van der Waals surface area contributed by atoms with Crippen molar-refractivity contribution in [2.75, 3.05) is 0 Å². The van der Waals surface area contributed by atoms with Gasteiger partial charge in [0, 0.05) is 5.56 Å². The molecule has 1 aliphatic carbocycles. The van der Waals surface area contributed by atoms with Gasteiger partial charge in [0.05, 0.1) is 5.92 Å². The highest BCUT2D eigenvalue weighted by Gasteiger charge is 2.32. The lowest BCUT2D eigenvalue weighted by molar-refractivity contribution is -0.142. The third-order valence-corrected chi connectivity index (χ3v) is 3.80. The molecule has 1 unspecified atom stereocenters. The van der Waals surface area contributed by atoms with Crippen molar-refractivity contribution in [2.45, 2.75) is 32.6 Å². The molecule has 0 bridgehead atoms. The Morgan fingerprint density at radius 2 is 2.12 bits per heavy atom. The number of aryl methyl sites for hydroxylation is 1. The van der Waals surface area contributed by atoms with E-state index in [1.54, 1.807) is 0 Å². The van der Waals surface area contributed by atoms with Gasteiger partial charge in [0.2, 0.25) is 0 Å². The number of carbonyl (C=O) groups excluding carboxylic acids is 1. The van der Waals surface area contributed by atoms with Gasteiger partial charge in [-0.25, -0.2) is 0 Å². The van der Waals surface area contributed by atoms with Crippen LogP contribution in [0, 0.1) is 5.92 Å². The highest BCUT2D eigenvalue weighted by molar-refractivity contribution is 5.85. The Bertz CT molecular complexity index is 499. The Kier molecular flexibility index (Phi) is 2.50. The molecule has 1 heterocycles. The van der Waals surface area contributed by atoms with Crippen molar-refractivity contribution in [2.24, 2.45) is 5.92 Å². The largest absolute Gasteiger partial charge is 0.426 e. The molecule has 2 heteroatoms. The van der Waals surface area contributed by atoms with Gasteiger partial charge in [0.25, 0.3) is 0 Å². The van der Waals surface area contributed by atoms with Gasteiger partial charge in [-0.3, -0.25) is 4.79 Å². The van der Waals surface area contributed by atoms with Crippen LogP contribution in [0.4, 0.5) is 0 Å². The molecule has 1 aromatic carbocycles. The lowest BCUT2D eigenvalue weighted by Gasteiger charge is -2.29. The summed E-state index contributed by atoms with van der Waals surface area (Å²) in [5.74, 6) is 0.864. The minimum Gasteiger partial charge on any atom is -0.426 e. The van der Waals surface area contributed by atoms with Crippen molar-refractivity contribution in [3.63, 3.8) is 0 Å². The average molecular weight is 228 g/mol. The normalized spacial score (nSPS) is 22.9. The molecule has 2 nitrogen and oxygen atoms in total. The summed E-state index contributed by atoms with van der Waals surface area (Å²) in [7, 11) is 0. The first-order valence-corrected chi connectivity index (χ1v) is 6.31. The molecule has 0 radical (unpaired) electrons. The van der Waals surface area contributed by atoms with Crippen molar-refractivity contribution < 1.29 is 9.53 Å². The van der Waals surface area contributed by atoms with Gasteiger partial charge in [0.1, 0.15) is 5.76 Å². The van der Waals surface area contributed by atoms with E-state index in [1.165, 1.54) is 11.1 Å². The maximum absolute atomic E-state index is 11.8. The number of ether oxygens (including phenoxy) is 1. The number of hydrogen-bond acceptors (Lipinski definition) is 2. The number of hydrogen-bond donors (Lipinski definition) is 0. The second kappa shape index (κ2) is 4.02. The predicted molar refractivity (Wildman–Crippen MR) is 66.2 cm³/mol. The van der Waals surface area contributed by atoms with E-state index in [9.17, 15) is 4.79 Å². The fraction of sp³-hybridized carbons (Fsp3) is 0.400. The van der Waals surface area contributed by atoms with Gasteiger partial charge >= 0.3 is 5.97 Å². The molecule has 17 heavy (non-hydrogen) atoms. The van der Waals surface area contributed by atoms with E-state index in [4.69, 9.17) is 4.74 Å². The van der Waals surface area contributed by atoms with Gasteiger partial charge < -0.3 is 4.74 Å². The number of benzene rings is 1. The Balaban J connectivity index is 2.04. The minimum atomic E-state index is -0.0528. The second-order valence-corrected chi connectivity index (χ2v) is 4.82. The number of carbonyl (C=O) groups is 1. The third kappa shape index (κ3) is 1.68. The summed E-state index contributed by atoms with van der Waals surface area (Å²) < 4.78 is 5.56. The van der Waals surface area contributed by atoms with Gasteiger partial charge in [-0.15, -0.1) is 0 Å². The zero-order valence-corrected chi connectivity index (χ0v) is 10.0. The second-order valence-electron chi connectivity index (χ2n) is 4.82. The molecule has 1 aliphatic heterocycles. The third-order valence-electron chi connectivity index (χ3n) is 3.80. The van der Waals surface area contributed by atoms with Gasteiger partial charge in [-0.1, -0.05) is 31.2 Å². The number of allylic oxidation sites excluding steroid dienone is 1. The van der Waals surface area contributed by atoms with Gasteiger partial charge in [-0.05, 0) is 36.8 Å². The van der Waals surface area contributed by atoms with Crippen molar-refractivity contribution in [1.82, 2.24) is 0 Å². The average Bonchev–Trinajstić information content (AvgIpc) is 2.38. The Morgan fingerprint density at radius 3 is 2.94 bits per heavy atom. The first kappa shape index (κ1) is 10.6. The molecule has 0 fully saturated rings. The van der Waals surface area contributed by atoms with Gasteiger partial charge in [-0.2, -0.15) is 0 Å². The van der Waals surface area contributed by atoms with Crippen molar-refractivity contribution in [3.05, 3.63) is 41.0 Å². The predicted octanol–water partition coefficient (Wildman–Crippen LogP) is 3.32. The zero-order valence-electron chi connectivity index (χ0n) is 10.0. The van der Waals surface area contributed by atoms with Crippen LogP contribution in [0.3, 0.4) is 0 Å². The van der Waals surface area contributed by atoms with Crippen LogP contribution < -0.4 is 0 Å². The minimum absolute atomic E-state index is 0.0528. The maximum Gasteiger partial charge on any atom is 0.314 e. The summed E-state index contributed by atoms with van der Waals surface area (Å²) in [4.78, 5) is 11.8. The van der Waals surface area contributed by atoms with E-state index in [-0.39, 0.29) is 11.9 Å². The molecule has 0 saturated carbocycles. The summed E-state index contributed by atoms with van der Waals surface area (Å²) in [6.45, 7) is 2.05. The molecular formula is C15H16O2. The first-order chi connectivity index (χ1) is 8.29. The molecule has 0 spiro atoms. The fourth-order valence-electron chi connectivity index (χ4n) is 2.75.